The summed E-state index contributed by atoms with van der Waals surface area (Å²) in [5, 5.41) is 12.1. The Morgan fingerprint density at radius 3 is 2.95 bits per heavy atom. The molecule has 19 heavy (non-hydrogen) atoms. The van der Waals surface area contributed by atoms with Crippen molar-refractivity contribution in [2.75, 3.05) is 0 Å². The highest BCUT2D eigenvalue weighted by atomic mass is 79.9. The lowest BCUT2D eigenvalue weighted by molar-refractivity contribution is -0.148. The Hall–Kier alpha value is -1.43. The first-order valence-electron chi connectivity index (χ1n) is 6.09. The van der Waals surface area contributed by atoms with Crippen LogP contribution in [0.15, 0.2) is 22.9 Å². The Labute approximate surface area is 119 Å². The predicted molar refractivity (Wildman–Crippen MR) is 72.8 cm³/mol. The number of rotatable bonds is 3. The molecule has 0 radical (unpaired) electrons. The van der Waals surface area contributed by atoms with Gasteiger partial charge in [-0.2, -0.15) is 0 Å². The molecule has 0 saturated heterocycles. The number of hydrogen-bond donors (Lipinski definition) is 2. The zero-order valence-corrected chi connectivity index (χ0v) is 12.1. The second-order valence-electron chi connectivity index (χ2n) is 5.01. The van der Waals surface area contributed by atoms with Crippen LogP contribution < -0.4 is 5.32 Å². The minimum absolute atomic E-state index is 0.262. The van der Waals surface area contributed by atoms with E-state index in [0.717, 1.165) is 6.42 Å². The van der Waals surface area contributed by atoms with Crippen molar-refractivity contribution < 1.29 is 14.7 Å². The number of carbonyl (C=O) groups excluding carboxylic acids is 1. The molecule has 1 heterocycles. The van der Waals surface area contributed by atoms with Gasteiger partial charge < -0.3 is 10.4 Å². The van der Waals surface area contributed by atoms with Gasteiger partial charge in [0.25, 0.3) is 5.91 Å². The molecular weight excluding hydrogens is 312 g/mol. The van der Waals surface area contributed by atoms with Gasteiger partial charge in [-0.1, -0.05) is 6.42 Å². The largest absolute Gasteiger partial charge is 0.481 e. The average Bonchev–Trinajstić information content (AvgIpc) is 2.72. The number of hydrogen-bond acceptors (Lipinski definition) is 3. The van der Waals surface area contributed by atoms with Crippen LogP contribution in [0.3, 0.4) is 0 Å². The van der Waals surface area contributed by atoms with E-state index in [-0.39, 0.29) is 11.9 Å². The third kappa shape index (κ3) is 2.78. The van der Waals surface area contributed by atoms with E-state index in [1.54, 1.807) is 19.1 Å². The Morgan fingerprint density at radius 1 is 1.58 bits per heavy atom. The first kappa shape index (κ1) is 14.0. The molecule has 1 amide bonds. The number of pyridine rings is 1. The fraction of sp³-hybridized carbons (Fsp3) is 0.462. The first-order chi connectivity index (χ1) is 8.93. The van der Waals surface area contributed by atoms with Crippen molar-refractivity contribution in [3.63, 3.8) is 0 Å². The molecule has 2 rings (SSSR count). The second kappa shape index (κ2) is 5.28. The number of halogens is 1. The van der Waals surface area contributed by atoms with Crippen molar-refractivity contribution in [1.82, 2.24) is 10.3 Å². The summed E-state index contributed by atoms with van der Waals surface area (Å²) in [7, 11) is 0. The van der Waals surface area contributed by atoms with Crippen LogP contribution in [0, 0.1) is 5.41 Å². The molecule has 0 aromatic carbocycles. The minimum atomic E-state index is -0.875. The normalized spacial score (nSPS) is 26.1. The molecule has 2 unspecified atom stereocenters. The Balaban J connectivity index is 2.13. The molecule has 0 aliphatic heterocycles. The zero-order chi connectivity index (χ0) is 14.0. The van der Waals surface area contributed by atoms with Gasteiger partial charge in [-0.05, 0) is 47.8 Å². The molecular formula is C13H15BrN2O3. The lowest BCUT2D eigenvalue weighted by Gasteiger charge is -2.27. The number of nitrogens with zero attached hydrogens (tertiary/aromatic N) is 1. The van der Waals surface area contributed by atoms with Gasteiger partial charge in [-0.25, -0.2) is 4.98 Å². The molecule has 5 nitrogen and oxygen atoms in total. The Kier molecular flexibility index (Phi) is 3.89. The number of aliphatic carboxylic acids is 1. The lowest BCUT2D eigenvalue weighted by Crippen LogP contribution is -2.47. The lowest BCUT2D eigenvalue weighted by atomic mass is 9.85. The molecule has 1 aliphatic rings. The molecule has 1 fully saturated rings. The SMILES string of the molecule is CC1(C(=O)O)CCCC1NC(=O)c1ccnc(Br)c1. The van der Waals surface area contributed by atoms with Crippen LogP contribution in [0.2, 0.25) is 0 Å². The number of amides is 1. The number of carboxylic acid groups (broad SMARTS) is 1. The molecule has 2 atom stereocenters. The first-order valence-corrected chi connectivity index (χ1v) is 6.88. The van der Waals surface area contributed by atoms with Crippen molar-refractivity contribution in [3.8, 4) is 0 Å². The molecule has 0 spiro atoms. The van der Waals surface area contributed by atoms with Gasteiger partial charge in [0.2, 0.25) is 0 Å². The molecule has 102 valence electrons. The van der Waals surface area contributed by atoms with E-state index in [4.69, 9.17) is 0 Å². The third-order valence-electron chi connectivity index (χ3n) is 3.74. The second-order valence-corrected chi connectivity index (χ2v) is 5.82. The van der Waals surface area contributed by atoms with Crippen molar-refractivity contribution in [1.29, 1.82) is 0 Å². The summed E-state index contributed by atoms with van der Waals surface area (Å²) >= 11 is 3.20. The summed E-state index contributed by atoms with van der Waals surface area (Å²) in [5.74, 6) is -1.12. The van der Waals surface area contributed by atoms with E-state index in [2.05, 4.69) is 26.2 Å². The van der Waals surface area contributed by atoms with E-state index in [1.165, 1.54) is 6.20 Å². The number of nitrogens with one attached hydrogen (secondary N) is 1. The summed E-state index contributed by atoms with van der Waals surface area (Å²) in [5.41, 5.74) is -0.401. The van der Waals surface area contributed by atoms with E-state index in [9.17, 15) is 14.7 Å². The van der Waals surface area contributed by atoms with Crippen molar-refractivity contribution in [3.05, 3.63) is 28.5 Å². The molecule has 2 N–H and O–H groups in total. The predicted octanol–water partition coefficient (Wildman–Crippen LogP) is 2.22. The van der Waals surface area contributed by atoms with Gasteiger partial charge in [0, 0.05) is 17.8 Å². The summed E-state index contributed by atoms with van der Waals surface area (Å²) in [4.78, 5) is 27.4. The van der Waals surface area contributed by atoms with Gasteiger partial charge in [0.1, 0.15) is 4.60 Å². The highest BCUT2D eigenvalue weighted by Crippen LogP contribution is 2.38. The monoisotopic (exact) mass is 326 g/mol. The number of aromatic nitrogens is 1. The highest BCUT2D eigenvalue weighted by Gasteiger charge is 2.45. The van der Waals surface area contributed by atoms with Crippen LogP contribution in [-0.4, -0.2) is 28.0 Å². The van der Waals surface area contributed by atoms with Gasteiger partial charge in [-0.3, -0.25) is 9.59 Å². The fourth-order valence-corrected chi connectivity index (χ4v) is 2.80. The van der Waals surface area contributed by atoms with Crippen LogP contribution in [0.5, 0.6) is 0 Å². The van der Waals surface area contributed by atoms with Crippen LogP contribution in [0.1, 0.15) is 36.5 Å². The van der Waals surface area contributed by atoms with Crippen molar-refractivity contribution in [2.24, 2.45) is 5.41 Å². The highest BCUT2D eigenvalue weighted by molar-refractivity contribution is 9.10. The quantitative estimate of drug-likeness (QED) is 0.835. The van der Waals surface area contributed by atoms with E-state index in [1.807, 2.05) is 0 Å². The van der Waals surface area contributed by atoms with Crippen LogP contribution >= 0.6 is 15.9 Å². The van der Waals surface area contributed by atoms with Crippen LogP contribution in [-0.2, 0) is 4.79 Å². The maximum Gasteiger partial charge on any atom is 0.311 e. The molecule has 1 aromatic rings. The fourth-order valence-electron chi connectivity index (χ4n) is 2.44. The standard InChI is InChI=1S/C13H15BrN2O3/c1-13(12(18)19)5-2-3-9(13)16-11(17)8-4-6-15-10(14)7-8/h4,6-7,9H,2-3,5H2,1H3,(H,16,17)(H,18,19). The van der Waals surface area contributed by atoms with Gasteiger partial charge in [0.05, 0.1) is 5.41 Å². The van der Waals surface area contributed by atoms with Gasteiger partial charge >= 0.3 is 5.97 Å². The smallest absolute Gasteiger partial charge is 0.311 e. The third-order valence-corrected chi connectivity index (χ3v) is 4.17. The summed E-state index contributed by atoms with van der Waals surface area (Å²) in [6.07, 6.45) is 3.63. The van der Waals surface area contributed by atoms with Crippen molar-refractivity contribution in [2.45, 2.75) is 32.2 Å². The number of carbonyl (C=O) groups is 2. The average molecular weight is 327 g/mol. The van der Waals surface area contributed by atoms with E-state index < -0.39 is 11.4 Å². The number of carboxylic acids is 1. The summed E-state index contributed by atoms with van der Waals surface area (Å²) in [6, 6.07) is 2.89. The molecule has 1 aromatic heterocycles. The summed E-state index contributed by atoms with van der Waals surface area (Å²) < 4.78 is 0.576. The molecule has 1 aliphatic carbocycles. The Bertz CT molecular complexity index is 520. The molecule has 0 bridgehead atoms. The van der Waals surface area contributed by atoms with Crippen molar-refractivity contribution >= 4 is 27.8 Å². The van der Waals surface area contributed by atoms with Crippen LogP contribution in [0.4, 0.5) is 0 Å². The maximum absolute atomic E-state index is 12.1. The Morgan fingerprint density at radius 2 is 2.32 bits per heavy atom. The minimum Gasteiger partial charge on any atom is -0.481 e. The van der Waals surface area contributed by atoms with Crippen LogP contribution in [0.25, 0.3) is 0 Å². The van der Waals surface area contributed by atoms with Gasteiger partial charge in [-0.15, -0.1) is 0 Å². The van der Waals surface area contributed by atoms with E-state index in [0.29, 0.717) is 23.0 Å². The molecule has 1 saturated carbocycles. The maximum atomic E-state index is 12.1. The zero-order valence-electron chi connectivity index (χ0n) is 10.5. The topological polar surface area (TPSA) is 79.3 Å². The van der Waals surface area contributed by atoms with Gasteiger partial charge in [0.15, 0.2) is 0 Å². The summed E-state index contributed by atoms with van der Waals surface area (Å²) in [6.45, 7) is 1.69. The molecule has 6 heteroatoms. The van der Waals surface area contributed by atoms with E-state index >= 15 is 0 Å².